The second-order valence-electron chi connectivity index (χ2n) is 6.56. The first-order chi connectivity index (χ1) is 12.5. The van der Waals surface area contributed by atoms with E-state index in [0.29, 0.717) is 29.8 Å². The van der Waals surface area contributed by atoms with E-state index in [4.69, 9.17) is 0 Å². The van der Waals surface area contributed by atoms with Gasteiger partial charge in [-0.1, -0.05) is 12.1 Å². The molecule has 142 valence electrons. The molecule has 1 fully saturated rings. The van der Waals surface area contributed by atoms with Crippen LogP contribution in [0.3, 0.4) is 0 Å². The summed E-state index contributed by atoms with van der Waals surface area (Å²) in [6.45, 7) is 0.600. The predicted molar refractivity (Wildman–Crippen MR) is 81.5 cm³/mol. The van der Waals surface area contributed by atoms with E-state index in [2.05, 4.69) is 0 Å². The molecule has 1 atom stereocenters. The van der Waals surface area contributed by atoms with Crippen LogP contribution in [0.15, 0.2) is 42.5 Å². The van der Waals surface area contributed by atoms with Crippen LogP contribution in [0.4, 0.5) is 26.3 Å². The molecular formula is C18H13F6N2O+. The molecule has 1 saturated heterocycles. The zero-order valence-corrected chi connectivity index (χ0v) is 13.7. The summed E-state index contributed by atoms with van der Waals surface area (Å²) in [5.41, 5.74) is -3.72. The maximum Gasteiger partial charge on any atom is 0.416 e. The summed E-state index contributed by atoms with van der Waals surface area (Å²) in [6.07, 6.45) is -9.89. The van der Waals surface area contributed by atoms with Gasteiger partial charge in [0.1, 0.15) is 0 Å². The topological polar surface area (TPSA) is 36.9 Å². The molecule has 2 aliphatic rings. The van der Waals surface area contributed by atoms with E-state index >= 15 is 0 Å². The number of hydrogen-bond donors (Lipinski definition) is 1. The van der Waals surface area contributed by atoms with E-state index in [1.54, 1.807) is 23.5 Å². The number of carbonyl (C=O) groups is 1. The van der Waals surface area contributed by atoms with E-state index < -0.39 is 35.0 Å². The Kier molecular flexibility index (Phi) is 3.62. The molecule has 0 radical (unpaired) electrons. The van der Waals surface area contributed by atoms with E-state index in [1.807, 2.05) is 0 Å². The Balaban J connectivity index is 2.01. The van der Waals surface area contributed by atoms with Crippen LogP contribution in [0.1, 0.15) is 32.6 Å². The van der Waals surface area contributed by atoms with E-state index in [9.17, 15) is 31.1 Å². The Hall–Kier alpha value is -2.55. The van der Waals surface area contributed by atoms with Gasteiger partial charge in [0, 0.05) is 5.56 Å². The Bertz CT molecular complexity index is 904. The van der Waals surface area contributed by atoms with Crippen molar-refractivity contribution in [2.45, 2.75) is 18.0 Å². The molecule has 0 bridgehead atoms. The molecule has 27 heavy (non-hydrogen) atoms. The minimum atomic E-state index is -4.95. The van der Waals surface area contributed by atoms with Crippen LogP contribution in [0.2, 0.25) is 0 Å². The summed E-state index contributed by atoms with van der Waals surface area (Å²) >= 11 is 0. The van der Waals surface area contributed by atoms with Crippen LogP contribution in [-0.4, -0.2) is 23.9 Å². The summed E-state index contributed by atoms with van der Waals surface area (Å²) in [4.78, 5) is 14.0. The minimum absolute atomic E-state index is 0.0993. The minimum Gasteiger partial charge on any atom is -0.315 e. The Morgan fingerprint density at radius 1 is 0.926 bits per heavy atom. The molecule has 2 aliphatic heterocycles. The summed E-state index contributed by atoms with van der Waals surface area (Å²) in [7, 11) is 0. The van der Waals surface area contributed by atoms with Gasteiger partial charge in [0.05, 0.1) is 35.3 Å². The van der Waals surface area contributed by atoms with Gasteiger partial charge in [-0.05, 0) is 30.3 Å². The fourth-order valence-electron chi connectivity index (χ4n) is 3.96. The number of hydrogen-bond acceptors (Lipinski definition) is 1. The highest BCUT2D eigenvalue weighted by molar-refractivity contribution is 6.00. The van der Waals surface area contributed by atoms with Crippen molar-refractivity contribution < 1.29 is 36.5 Å². The second kappa shape index (κ2) is 5.48. The van der Waals surface area contributed by atoms with Crippen LogP contribution >= 0.6 is 0 Å². The van der Waals surface area contributed by atoms with Gasteiger partial charge >= 0.3 is 12.4 Å². The molecule has 4 rings (SSSR count). The van der Waals surface area contributed by atoms with Crippen LogP contribution in [0, 0.1) is 0 Å². The van der Waals surface area contributed by atoms with Crippen molar-refractivity contribution in [3.63, 3.8) is 0 Å². The Morgan fingerprint density at radius 3 is 2.11 bits per heavy atom. The maximum absolute atomic E-state index is 13.3. The highest BCUT2D eigenvalue weighted by Gasteiger charge is 2.58. The van der Waals surface area contributed by atoms with Gasteiger partial charge in [0.2, 0.25) is 5.66 Å². The predicted octanol–water partition coefficient (Wildman–Crippen LogP) is 2.96. The number of quaternary nitrogens is 1. The number of nitrogens with zero attached hydrogens (tertiary/aromatic N) is 1. The maximum atomic E-state index is 13.3. The molecule has 1 amide bonds. The number of rotatable bonds is 1. The molecule has 0 unspecified atom stereocenters. The molecule has 0 saturated carbocycles. The van der Waals surface area contributed by atoms with Gasteiger partial charge in [-0.15, -0.1) is 0 Å². The van der Waals surface area contributed by atoms with Crippen molar-refractivity contribution in [3.8, 4) is 0 Å². The van der Waals surface area contributed by atoms with Crippen LogP contribution in [0.5, 0.6) is 0 Å². The van der Waals surface area contributed by atoms with Crippen molar-refractivity contribution in [2.75, 3.05) is 13.1 Å². The summed E-state index contributed by atoms with van der Waals surface area (Å²) in [6, 6.07) is 7.84. The normalized spacial score (nSPS) is 22.1. The molecule has 2 aromatic rings. The Labute approximate surface area is 149 Å². The third-order valence-electron chi connectivity index (χ3n) is 5.06. The average molecular weight is 387 g/mol. The molecular weight excluding hydrogens is 374 g/mol. The number of carbonyl (C=O) groups excluding carboxylic acids is 1. The SMILES string of the molecule is O=C1c2ccccc2[C@]2(c3cc(C(F)(F)F)cc(C(F)(F)F)c3)[NH2+]CCN12. The van der Waals surface area contributed by atoms with Crippen molar-refractivity contribution >= 4 is 5.91 Å². The molecule has 9 heteroatoms. The monoisotopic (exact) mass is 387 g/mol. The van der Waals surface area contributed by atoms with E-state index in [-0.39, 0.29) is 18.2 Å². The van der Waals surface area contributed by atoms with Gasteiger partial charge in [-0.3, -0.25) is 9.69 Å². The first-order valence-corrected chi connectivity index (χ1v) is 8.11. The van der Waals surface area contributed by atoms with Crippen molar-refractivity contribution in [1.29, 1.82) is 0 Å². The Morgan fingerprint density at radius 2 is 1.52 bits per heavy atom. The van der Waals surface area contributed by atoms with Crippen molar-refractivity contribution in [2.24, 2.45) is 0 Å². The zero-order chi connectivity index (χ0) is 19.6. The molecule has 2 heterocycles. The van der Waals surface area contributed by atoms with Gasteiger partial charge < -0.3 is 5.32 Å². The van der Waals surface area contributed by atoms with Gasteiger partial charge in [-0.2, -0.15) is 26.3 Å². The lowest BCUT2D eigenvalue weighted by molar-refractivity contribution is -0.716. The smallest absolute Gasteiger partial charge is 0.315 e. The third kappa shape index (κ3) is 2.52. The lowest BCUT2D eigenvalue weighted by Crippen LogP contribution is -2.93. The number of alkyl halides is 6. The number of nitrogens with two attached hydrogens (primary N) is 1. The quantitative estimate of drug-likeness (QED) is 0.751. The summed E-state index contributed by atoms with van der Waals surface area (Å²) < 4.78 is 79.7. The molecule has 0 spiro atoms. The number of fused-ring (bicyclic) bond motifs is 3. The fraction of sp³-hybridized carbons (Fsp3) is 0.278. The third-order valence-corrected chi connectivity index (χ3v) is 5.06. The molecule has 0 aromatic heterocycles. The first-order valence-electron chi connectivity index (χ1n) is 8.11. The van der Waals surface area contributed by atoms with E-state index in [1.165, 1.54) is 11.0 Å². The van der Waals surface area contributed by atoms with Crippen LogP contribution in [-0.2, 0) is 18.0 Å². The van der Waals surface area contributed by atoms with Gasteiger partial charge in [0.15, 0.2) is 0 Å². The fourth-order valence-corrected chi connectivity index (χ4v) is 3.96. The molecule has 2 aromatic carbocycles. The molecule has 2 N–H and O–H groups in total. The number of benzene rings is 2. The zero-order valence-electron chi connectivity index (χ0n) is 13.7. The molecule has 0 aliphatic carbocycles. The highest BCUT2D eigenvalue weighted by Crippen LogP contribution is 2.44. The summed E-state index contributed by atoms with van der Waals surface area (Å²) in [5, 5.41) is 1.62. The first kappa shape index (κ1) is 17.8. The largest absolute Gasteiger partial charge is 0.416 e. The lowest BCUT2D eigenvalue weighted by atomic mass is 9.89. The van der Waals surface area contributed by atoms with Crippen LogP contribution in [0.25, 0.3) is 0 Å². The number of halogens is 6. The van der Waals surface area contributed by atoms with Gasteiger partial charge in [0.25, 0.3) is 5.91 Å². The van der Waals surface area contributed by atoms with Crippen molar-refractivity contribution in [3.05, 3.63) is 70.3 Å². The standard InChI is InChI=1S/C18H12F6N2O/c19-17(20,21)11-7-10(8-12(9-11)18(22,23)24)16-14-4-2-1-3-13(14)15(27)26(16)6-5-25-16/h1-4,7-9,25H,5-6H2/p+1/t16-/m1/s1. The number of amides is 1. The highest BCUT2D eigenvalue weighted by atomic mass is 19.4. The van der Waals surface area contributed by atoms with Gasteiger partial charge in [-0.25, -0.2) is 0 Å². The lowest BCUT2D eigenvalue weighted by Gasteiger charge is -2.30. The average Bonchev–Trinajstić information content (AvgIpc) is 3.13. The summed E-state index contributed by atoms with van der Waals surface area (Å²) in [5.74, 6) is -0.398. The van der Waals surface area contributed by atoms with Crippen LogP contribution < -0.4 is 5.32 Å². The molecule has 3 nitrogen and oxygen atoms in total. The second-order valence-corrected chi connectivity index (χ2v) is 6.56. The van der Waals surface area contributed by atoms with Crippen molar-refractivity contribution in [1.82, 2.24) is 4.90 Å². The van der Waals surface area contributed by atoms with E-state index in [0.717, 1.165) is 0 Å².